The summed E-state index contributed by atoms with van der Waals surface area (Å²) in [5, 5.41) is 6.56. The fourth-order valence-corrected chi connectivity index (χ4v) is 3.88. The number of nitrogens with one attached hydrogen (secondary N) is 2. The highest BCUT2D eigenvalue weighted by atomic mass is 35.5. The van der Waals surface area contributed by atoms with Gasteiger partial charge in [0.2, 0.25) is 12.7 Å². The normalized spacial score (nSPS) is 27.9. The zero-order valence-electron chi connectivity index (χ0n) is 13.0. The fourth-order valence-electron chi connectivity index (χ4n) is 3.88. The molecule has 1 saturated carbocycles. The molecule has 0 spiro atoms. The summed E-state index contributed by atoms with van der Waals surface area (Å²) in [5.41, 5.74) is 1.04. The Morgan fingerprint density at radius 1 is 1.22 bits per heavy atom. The number of ether oxygens (including phenoxy) is 2. The molecule has 0 aromatic heterocycles. The van der Waals surface area contributed by atoms with Crippen molar-refractivity contribution in [3.05, 3.63) is 23.8 Å². The van der Waals surface area contributed by atoms with E-state index in [0.717, 1.165) is 23.5 Å². The lowest BCUT2D eigenvalue weighted by atomic mass is 9.85. The molecule has 1 aromatic carbocycles. The average Bonchev–Trinajstić information content (AvgIpc) is 3.18. The largest absolute Gasteiger partial charge is 0.454 e. The molecule has 2 N–H and O–H groups in total. The first-order chi connectivity index (χ1) is 10.8. The molecule has 23 heavy (non-hydrogen) atoms. The van der Waals surface area contributed by atoms with Crippen LogP contribution in [0.4, 0.5) is 0 Å². The van der Waals surface area contributed by atoms with E-state index in [9.17, 15) is 4.79 Å². The lowest BCUT2D eigenvalue weighted by molar-refractivity contribution is -0.123. The number of hydrogen-bond donors (Lipinski definition) is 2. The van der Waals surface area contributed by atoms with Crippen LogP contribution in [0, 0.1) is 5.92 Å². The fraction of sp³-hybridized carbons (Fsp3) is 0.588. The van der Waals surface area contributed by atoms with E-state index in [2.05, 4.69) is 10.6 Å². The number of carbonyl (C=O) groups excluding carboxylic acids is 1. The number of rotatable bonds is 3. The standard InChI is InChI=1S/C17H22N2O3.ClH/c20-17(14-8-12-3-1-2-4-13(12)19-14)18-9-11-5-6-15-16(7-11)22-10-21-15;/h5-7,12-14,19H,1-4,8-10H2,(H,18,20);1H. The predicted octanol–water partition coefficient (Wildman–Crippen LogP) is 2.37. The number of carbonyl (C=O) groups is 1. The molecule has 5 nitrogen and oxygen atoms in total. The third-order valence-electron chi connectivity index (χ3n) is 5.08. The molecule has 6 heteroatoms. The Hall–Kier alpha value is -1.46. The lowest BCUT2D eigenvalue weighted by Crippen LogP contribution is -2.42. The third-order valence-corrected chi connectivity index (χ3v) is 5.08. The summed E-state index contributed by atoms with van der Waals surface area (Å²) in [5.74, 6) is 2.34. The van der Waals surface area contributed by atoms with Gasteiger partial charge in [0.05, 0.1) is 6.04 Å². The molecule has 126 valence electrons. The quantitative estimate of drug-likeness (QED) is 0.888. The number of halogens is 1. The number of amides is 1. The Morgan fingerprint density at radius 3 is 2.91 bits per heavy atom. The van der Waals surface area contributed by atoms with Gasteiger partial charge in [0.25, 0.3) is 0 Å². The molecule has 3 atom stereocenters. The maximum absolute atomic E-state index is 12.4. The van der Waals surface area contributed by atoms with E-state index in [1.54, 1.807) is 0 Å². The van der Waals surface area contributed by atoms with E-state index in [1.807, 2.05) is 18.2 Å². The molecule has 1 saturated heterocycles. The molecule has 3 unspecified atom stereocenters. The molecular weight excluding hydrogens is 316 g/mol. The molecule has 0 bridgehead atoms. The highest BCUT2D eigenvalue weighted by Gasteiger charge is 2.37. The van der Waals surface area contributed by atoms with Crippen molar-refractivity contribution < 1.29 is 14.3 Å². The van der Waals surface area contributed by atoms with Crippen molar-refractivity contribution >= 4 is 18.3 Å². The summed E-state index contributed by atoms with van der Waals surface area (Å²) < 4.78 is 10.7. The van der Waals surface area contributed by atoms with Crippen LogP contribution in [0.25, 0.3) is 0 Å². The van der Waals surface area contributed by atoms with Gasteiger partial charge in [0.15, 0.2) is 11.5 Å². The first kappa shape index (κ1) is 16.4. The van der Waals surface area contributed by atoms with Crippen LogP contribution in [-0.2, 0) is 11.3 Å². The Bertz CT molecular complexity index is 567. The van der Waals surface area contributed by atoms with Crippen molar-refractivity contribution in [3.8, 4) is 11.5 Å². The number of benzene rings is 1. The molecule has 3 aliphatic rings. The van der Waals surface area contributed by atoms with Gasteiger partial charge in [-0.15, -0.1) is 12.4 Å². The van der Waals surface area contributed by atoms with Crippen LogP contribution in [0.1, 0.15) is 37.7 Å². The van der Waals surface area contributed by atoms with Gasteiger partial charge in [-0.1, -0.05) is 18.9 Å². The molecule has 1 aromatic rings. The van der Waals surface area contributed by atoms with Crippen molar-refractivity contribution in [1.82, 2.24) is 10.6 Å². The number of fused-ring (bicyclic) bond motifs is 2. The van der Waals surface area contributed by atoms with Gasteiger partial charge in [-0.2, -0.15) is 0 Å². The molecule has 1 amide bonds. The predicted molar refractivity (Wildman–Crippen MR) is 88.9 cm³/mol. The van der Waals surface area contributed by atoms with Gasteiger partial charge in [-0.05, 0) is 42.9 Å². The Balaban J connectivity index is 0.00000156. The molecule has 2 heterocycles. The second-order valence-corrected chi connectivity index (χ2v) is 6.51. The zero-order chi connectivity index (χ0) is 14.9. The monoisotopic (exact) mass is 338 g/mol. The van der Waals surface area contributed by atoms with E-state index >= 15 is 0 Å². The van der Waals surface area contributed by atoms with Crippen molar-refractivity contribution in [2.75, 3.05) is 6.79 Å². The van der Waals surface area contributed by atoms with Gasteiger partial charge in [0.1, 0.15) is 0 Å². The zero-order valence-corrected chi connectivity index (χ0v) is 13.9. The van der Waals surface area contributed by atoms with Crippen LogP contribution >= 0.6 is 12.4 Å². The number of hydrogen-bond acceptors (Lipinski definition) is 4. The Kier molecular flexibility index (Phi) is 4.97. The van der Waals surface area contributed by atoms with Crippen molar-refractivity contribution in [3.63, 3.8) is 0 Å². The molecule has 0 radical (unpaired) electrons. The topological polar surface area (TPSA) is 59.6 Å². The minimum absolute atomic E-state index is 0. The van der Waals surface area contributed by atoms with Crippen LogP contribution < -0.4 is 20.1 Å². The maximum atomic E-state index is 12.4. The van der Waals surface area contributed by atoms with E-state index in [0.29, 0.717) is 18.5 Å². The van der Waals surface area contributed by atoms with Crippen LogP contribution in [0.5, 0.6) is 11.5 Å². The smallest absolute Gasteiger partial charge is 0.237 e. The van der Waals surface area contributed by atoms with Gasteiger partial charge in [-0.3, -0.25) is 4.79 Å². The summed E-state index contributed by atoms with van der Waals surface area (Å²) in [4.78, 5) is 12.4. The minimum Gasteiger partial charge on any atom is -0.454 e. The van der Waals surface area contributed by atoms with Gasteiger partial charge >= 0.3 is 0 Å². The Morgan fingerprint density at radius 2 is 2.04 bits per heavy atom. The van der Waals surface area contributed by atoms with Crippen LogP contribution in [0.2, 0.25) is 0 Å². The van der Waals surface area contributed by atoms with E-state index in [-0.39, 0.29) is 31.1 Å². The van der Waals surface area contributed by atoms with E-state index < -0.39 is 0 Å². The first-order valence-corrected chi connectivity index (χ1v) is 8.22. The van der Waals surface area contributed by atoms with Crippen LogP contribution in [-0.4, -0.2) is 24.8 Å². The molecule has 1 aliphatic carbocycles. The Labute approximate surface area is 142 Å². The van der Waals surface area contributed by atoms with Gasteiger partial charge in [-0.25, -0.2) is 0 Å². The summed E-state index contributed by atoms with van der Waals surface area (Å²) in [7, 11) is 0. The SMILES string of the molecule is Cl.O=C(NCc1ccc2c(c1)OCO2)C1CC2CCCCC2N1. The highest BCUT2D eigenvalue weighted by molar-refractivity contribution is 5.85. The van der Waals surface area contributed by atoms with E-state index in [4.69, 9.17) is 9.47 Å². The lowest BCUT2D eigenvalue weighted by Gasteiger charge is -2.24. The van der Waals surface area contributed by atoms with E-state index in [1.165, 1.54) is 25.7 Å². The van der Waals surface area contributed by atoms with Crippen LogP contribution in [0.3, 0.4) is 0 Å². The molecular formula is C17H23ClN2O3. The van der Waals surface area contributed by atoms with Crippen molar-refractivity contribution in [2.45, 2.75) is 50.7 Å². The molecule has 2 fully saturated rings. The molecule has 2 aliphatic heterocycles. The first-order valence-electron chi connectivity index (χ1n) is 8.22. The van der Waals surface area contributed by atoms with Crippen LogP contribution in [0.15, 0.2) is 18.2 Å². The van der Waals surface area contributed by atoms with Crippen molar-refractivity contribution in [1.29, 1.82) is 0 Å². The summed E-state index contributed by atoms with van der Waals surface area (Å²) in [6.45, 7) is 0.808. The average molecular weight is 339 g/mol. The summed E-state index contributed by atoms with van der Waals surface area (Å²) >= 11 is 0. The highest BCUT2D eigenvalue weighted by Crippen LogP contribution is 2.34. The minimum atomic E-state index is -0.0258. The second-order valence-electron chi connectivity index (χ2n) is 6.51. The van der Waals surface area contributed by atoms with Gasteiger partial charge < -0.3 is 20.1 Å². The second kappa shape index (κ2) is 6.97. The summed E-state index contributed by atoms with van der Waals surface area (Å²) in [6, 6.07) is 6.32. The molecule has 4 rings (SSSR count). The van der Waals surface area contributed by atoms with Crippen molar-refractivity contribution in [2.24, 2.45) is 5.92 Å². The summed E-state index contributed by atoms with van der Waals surface area (Å²) in [6.07, 6.45) is 6.08. The maximum Gasteiger partial charge on any atom is 0.237 e. The van der Waals surface area contributed by atoms with Gasteiger partial charge in [0, 0.05) is 12.6 Å². The third kappa shape index (κ3) is 3.40.